The molecule has 0 amide bonds. The molecule has 0 aromatic heterocycles. The van der Waals surface area contributed by atoms with Crippen LogP contribution in [0.1, 0.15) is 29.5 Å². The van der Waals surface area contributed by atoms with Crippen molar-refractivity contribution in [3.8, 4) is 0 Å². The normalized spacial score (nSPS) is 23.3. The molecule has 4 nitrogen and oxygen atoms in total. The first-order chi connectivity index (χ1) is 12.7. The molecule has 0 fully saturated rings. The van der Waals surface area contributed by atoms with Gasteiger partial charge in [0.2, 0.25) is 0 Å². The van der Waals surface area contributed by atoms with Crippen molar-refractivity contribution in [3.05, 3.63) is 94.1 Å². The van der Waals surface area contributed by atoms with Crippen molar-refractivity contribution in [1.29, 1.82) is 0 Å². The maximum Gasteiger partial charge on any atom is 0.292 e. The van der Waals surface area contributed by atoms with Crippen LogP contribution in [0.4, 0.5) is 11.4 Å². The van der Waals surface area contributed by atoms with E-state index in [4.69, 9.17) is 0 Å². The van der Waals surface area contributed by atoms with E-state index in [1.165, 1.54) is 16.3 Å². The average molecular weight is 342 g/mol. The van der Waals surface area contributed by atoms with E-state index in [1.807, 2.05) is 12.1 Å². The van der Waals surface area contributed by atoms with Crippen LogP contribution in [0.5, 0.6) is 0 Å². The summed E-state index contributed by atoms with van der Waals surface area (Å²) in [6.07, 6.45) is 5.41. The van der Waals surface area contributed by atoms with Crippen LogP contribution in [0.25, 0.3) is 10.8 Å². The van der Waals surface area contributed by atoms with Gasteiger partial charge in [-0.05, 0) is 34.2 Å². The Morgan fingerprint density at radius 1 is 0.962 bits per heavy atom. The number of rotatable bonds is 2. The van der Waals surface area contributed by atoms with Crippen LogP contribution in [0, 0.1) is 16.0 Å². The quantitative estimate of drug-likeness (QED) is 0.376. The standard InChI is InChI=1S/C22H18N2O2/c25-24(26)20-13-5-12-19-16-9-4-11-18(16)21(23-22(19)20)17-10-3-7-14-6-1-2-8-15(14)17/h1-10,12-13,16,18,21,23H,11H2/t16-,18+,21-/m1/s1. The van der Waals surface area contributed by atoms with Gasteiger partial charge < -0.3 is 5.32 Å². The predicted octanol–water partition coefficient (Wildman–Crippen LogP) is 5.57. The summed E-state index contributed by atoms with van der Waals surface area (Å²) >= 11 is 0. The summed E-state index contributed by atoms with van der Waals surface area (Å²) in [6, 6.07) is 20.1. The number of nitro groups is 1. The lowest BCUT2D eigenvalue weighted by atomic mass is 9.76. The molecule has 3 aromatic rings. The van der Waals surface area contributed by atoms with Crippen LogP contribution in [0.15, 0.2) is 72.8 Å². The van der Waals surface area contributed by atoms with Crippen molar-refractivity contribution < 1.29 is 4.92 Å². The van der Waals surface area contributed by atoms with E-state index in [0.717, 1.165) is 12.0 Å². The van der Waals surface area contributed by atoms with E-state index in [1.54, 1.807) is 12.1 Å². The van der Waals surface area contributed by atoms with E-state index >= 15 is 0 Å². The monoisotopic (exact) mass is 342 g/mol. The molecule has 26 heavy (non-hydrogen) atoms. The second-order valence-electron chi connectivity index (χ2n) is 7.04. The van der Waals surface area contributed by atoms with Gasteiger partial charge in [0.25, 0.3) is 5.69 Å². The summed E-state index contributed by atoms with van der Waals surface area (Å²) < 4.78 is 0. The first-order valence-corrected chi connectivity index (χ1v) is 8.92. The van der Waals surface area contributed by atoms with Crippen LogP contribution < -0.4 is 5.32 Å². The Balaban J connectivity index is 1.71. The molecule has 1 N–H and O–H groups in total. The Kier molecular flexibility index (Phi) is 3.32. The smallest absolute Gasteiger partial charge is 0.292 e. The van der Waals surface area contributed by atoms with E-state index < -0.39 is 0 Å². The summed E-state index contributed by atoms with van der Waals surface area (Å²) in [7, 11) is 0. The van der Waals surface area contributed by atoms with Crippen LogP contribution in [0.2, 0.25) is 0 Å². The van der Waals surface area contributed by atoms with E-state index in [2.05, 4.69) is 53.9 Å². The number of benzene rings is 3. The molecule has 0 saturated carbocycles. The third kappa shape index (κ3) is 2.15. The Morgan fingerprint density at radius 2 is 1.73 bits per heavy atom. The fourth-order valence-electron chi connectivity index (χ4n) is 4.59. The highest BCUT2D eigenvalue weighted by Crippen LogP contribution is 2.52. The molecular weight excluding hydrogens is 324 g/mol. The fourth-order valence-corrected chi connectivity index (χ4v) is 4.59. The number of nitrogens with zero attached hydrogens (tertiary/aromatic N) is 1. The molecule has 3 atom stereocenters. The summed E-state index contributed by atoms with van der Waals surface area (Å²) in [5.41, 5.74) is 3.08. The van der Waals surface area contributed by atoms with Gasteiger partial charge in [-0.2, -0.15) is 0 Å². The molecule has 0 spiro atoms. The summed E-state index contributed by atoms with van der Waals surface area (Å²) in [4.78, 5) is 11.3. The van der Waals surface area contributed by atoms with Gasteiger partial charge in [-0.15, -0.1) is 0 Å². The van der Waals surface area contributed by atoms with E-state index in [-0.39, 0.29) is 22.6 Å². The van der Waals surface area contributed by atoms with Gasteiger partial charge in [0.15, 0.2) is 0 Å². The summed E-state index contributed by atoms with van der Waals surface area (Å²) in [6.45, 7) is 0. The van der Waals surface area contributed by atoms with Crippen molar-refractivity contribution in [2.45, 2.75) is 18.4 Å². The van der Waals surface area contributed by atoms with Crippen LogP contribution in [-0.2, 0) is 0 Å². The maximum atomic E-state index is 11.6. The highest BCUT2D eigenvalue weighted by molar-refractivity contribution is 5.87. The highest BCUT2D eigenvalue weighted by Gasteiger charge is 2.40. The minimum absolute atomic E-state index is 0.0506. The number of para-hydroxylation sites is 1. The van der Waals surface area contributed by atoms with Crippen molar-refractivity contribution in [3.63, 3.8) is 0 Å². The zero-order chi connectivity index (χ0) is 17.7. The Hall–Kier alpha value is -3.14. The number of hydrogen-bond donors (Lipinski definition) is 1. The van der Waals surface area contributed by atoms with E-state index in [9.17, 15) is 10.1 Å². The Labute approximate surface area is 151 Å². The second-order valence-corrected chi connectivity index (χ2v) is 7.04. The van der Waals surface area contributed by atoms with Gasteiger partial charge >= 0.3 is 0 Å². The molecule has 1 aliphatic carbocycles. The zero-order valence-corrected chi connectivity index (χ0v) is 14.1. The lowest BCUT2D eigenvalue weighted by Crippen LogP contribution is -2.29. The third-order valence-corrected chi connectivity index (χ3v) is 5.73. The molecule has 0 bridgehead atoms. The number of nitro benzene ring substituents is 1. The third-order valence-electron chi connectivity index (χ3n) is 5.73. The molecule has 0 radical (unpaired) electrons. The highest BCUT2D eigenvalue weighted by atomic mass is 16.6. The number of nitrogens with one attached hydrogen (secondary N) is 1. The minimum Gasteiger partial charge on any atom is -0.372 e. The predicted molar refractivity (Wildman–Crippen MR) is 103 cm³/mol. The SMILES string of the molecule is O=[N+]([O-])c1cccc2c1N[C@H](c1cccc3ccccc13)[C@H]1CC=C[C@@H]21. The molecule has 128 valence electrons. The zero-order valence-electron chi connectivity index (χ0n) is 14.1. The largest absolute Gasteiger partial charge is 0.372 e. The van der Waals surface area contributed by atoms with Crippen LogP contribution in [-0.4, -0.2) is 4.92 Å². The first kappa shape index (κ1) is 15.1. The van der Waals surface area contributed by atoms with Gasteiger partial charge in [0, 0.05) is 12.0 Å². The Morgan fingerprint density at radius 3 is 2.62 bits per heavy atom. The molecule has 4 heteroatoms. The summed E-state index contributed by atoms with van der Waals surface area (Å²) in [5, 5.41) is 17.5. The molecular formula is C22H18N2O2. The van der Waals surface area contributed by atoms with Gasteiger partial charge in [-0.1, -0.05) is 66.7 Å². The molecule has 2 aliphatic rings. The van der Waals surface area contributed by atoms with Gasteiger partial charge in [-0.3, -0.25) is 10.1 Å². The summed E-state index contributed by atoms with van der Waals surface area (Å²) in [5.74, 6) is 0.588. The maximum absolute atomic E-state index is 11.6. The lowest BCUT2D eigenvalue weighted by molar-refractivity contribution is -0.384. The number of fused-ring (bicyclic) bond motifs is 4. The van der Waals surface area contributed by atoms with Crippen molar-refractivity contribution in [1.82, 2.24) is 0 Å². The van der Waals surface area contributed by atoms with Gasteiger partial charge in [-0.25, -0.2) is 0 Å². The number of anilines is 1. The van der Waals surface area contributed by atoms with Crippen molar-refractivity contribution in [2.24, 2.45) is 5.92 Å². The lowest BCUT2D eigenvalue weighted by Gasteiger charge is -2.37. The second kappa shape index (κ2) is 5.70. The molecule has 1 aliphatic heterocycles. The molecule has 0 unspecified atom stereocenters. The van der Waals surface area contributed by atoms with Crippen molar-refractivity contribution >= 4 is 22.1 Å². The molecule has 5 rings (SSSR count). The Bertz CT molecular complexity index is 1050. The number of hydrogen-bond acceptors (Lipinski definition) is 3. The van der Waals surface area contributed by atoms with Gasteiger partial charge in [0.1, 0.15) is 5.69 Å². The van der Waals surface area contributed by atoms with Gasteiger partial charge in [0.05, 0.1) is 11.0 Å². The first-order valence-electron chi connectivity index (χ1n) is 8.92. The van der Waals surface area contributed by atoms with Crippen LogP contribution in [0.3, 0.4) is 0 Å². The molecule has 0 saturated heterocycles. The number of allylic oxidation sites excluding steroid dienone is 2. The van der Waals surface area contributed by atoms with Crippen LogP contribution >= 0.6 is 0 Å². The molecule has 3 aromatic carbocycles. The fraction of sp³-hybridized carbons (Fsp3) is 0.182. The van der Waals surface area contributed by atoms with Crippen molar-refractivity contribution in [2.75, 3.05) is 5.32 Å². The minimum atomic E-state index is -0.287. The molecule has 1 heterocycles. The topological polar surface area (TPSA) is 55.2 Å². The average Bonchev–Trinajstić information content (AvgIpc) is 3.16. The van der Waals surface area contributed by atoms with E-state index in [0.29, 0.717) is 11.6 Å².